The van der Waals surface area contributed by atoms with E-state index in [-0.39, 0.29) is 24.4 Å². The van der Waals surface area contributed by atoms with Gasteiger partial charge >= 0.3 is 5.97 Å². The van der Waals surface area contributed by atoms with Crippen molar-refractivity contribution in [3.05, 3.63) is 24.0 Å². The van der Waals surface area contributed by atoms with E-state index in [2.05, 4.69) is 9.72 Å². The molecule has 0 spiro atoms. The van der Waals surface area contributed by atoms with E-state index in [9.17, 15) is 18.0 Å². The van der Waals surface area contributed by atoms with E-state index in [0.717, 1.165) is 0 Å². The van der Waals surface area contributed by atoms with Crippen molar-refractivity contribution in [2.75, 3.05) is 18.6 Å². The Morgan fingerprint density at radius 2 is 2.20 bits per heavy atom. The molecule has 0 aliphatic carbocycles. The molecular formula is C11H13N3O5S. The Bertz CT molecular complexity index is 658. The summed E-state index contributed by atoms with van der Waals surface area (Å²) in [6.07, 6.45) is 2.49. The van der Waals surface area contributed by atoms with E-state index in [1.54, 1.807) is 0 Å². The van der Waals surface area contributed by atoms with Gasteiger partial charge in [-0.1, -0.05) is 0 Å². The van der Waals surface area contributed by atoms with Crippen LogP contribution in [-0.2, 0) is 19.6 Å². The number of rotatable bonds is 3. The summed E-state index contributed by atoms with van der Waals surface area (Å²) >= 11 is 0. The van der Waals surface area contributed by atoms with Gasteiger partial charge in [-0.05, 0) is 6.07 Å². The molecule has 9 heteroatoms. The van der Waals surface area contributed by atoms with Crippen LogP contribution in [0, 0.1) is 0 Å². The summed E-state index contributed by atoms with van der Waals surface area (Å²) < 4.78 is 27.1. The molecule has 1 atom stereocenters. The van der Waals surface area contributed by atoms with Crippen molar-refractivity contribution >= 4 is 27.6 Å². The number of sulfonamides is 1. The second kappa shape index (κ2) is 5.17. The first-order valence-corrected chi connectivity index (χ1v) is 7.29. The summed E-state index contributed by atoms with van der Waals surface area (Å²) in [6, 6.07) is 1.42. The average molecular weight is 299 g/mol. The van der Waals surface area contributed by atoms with E-state index in [0.29, 0.717) is 5.69 Å². The fraction of sp³-hybridized carbons (Fsp3) is 0.364. The Labute approximate surface area is 115 Å². The lowest BCUT2D eigenvalue weighted by molar-refractivity contribution is -0.117. The predicted molar refractivity (Wildman–Crippen MR) is 69.4 cm³/mol. The number of hydrogen-bond acceptors (Lipinski definition) is 6. The van der Waals surface area contributed by atoms with Gasteiger partial charge < -0.3 is 9.64 Å². The number of primary sulfonamides is 1. The smallest absolute Gasteiger partial charge is 0.339 e. The summed E-state index contributed by atoms with van der Waals surface area (Å²) in [6.45, 7) is -0.0516. The first kappa shape index (κ1) is 14.4. The van der Waals surface area contributed by atoms with Gasteiger partial charge in [0.1, 0.15) is 5.25 Å². The molecule has 0 bridgehead atoms. The van der Waals surface area contributed by atoms with Crippen LogP contribution in [0.5, 0.6) is 0 Å². The summed E-state index contributed by atoms with van der Waals surface area (Å²) in [5.41, 5.74) is 0.515. The molecule has 2 heterocycles. The van der Waals surface area contributed by atoms with Crippen LogP contribution in [0.1, 0.15) is 16.8 Å². The van der Waals surface area contributed by atoms with Crippen molar-refractivity contribution in [2.24, 2.45) is 5.14 Å². The van der Waals surface area contributed by atoms with Gasteiger partial charge in [0.05, 0.1) is 24.6 Å². The minimum absolute atomic E-state index is 0.0516. The molecular weight excluding hydrogens is 286 g/mol. The van der Waals surface area contributed by atoms with Crippen molar-refractivity contribution < 1.29 is 22.7 Å². The van der Waals surface area contributed by atoms with Crippen LogP contribution in [0.3, 0.4) is 0 Å². The normalized spacial score (nSPS) is 19.2. The van der Waals surface area contributed by atoms with Crippen molar-refractivity contribution in [1.29, 1.82) is 0 Å². The fourth-order valence-electron chi connectivity index (χ4n) is 1.95. The number of nitrogens with zero attached hydrogens (tertiary/aromatic N) is 2. The van der Waals surface area contributed by atoms with Crippen molar-refractivity contribution in [3.63, 3.8) is 0 Å². The third-order valence-electron chi connectivity index (χ3n) is 3.01. The molecule has 1 aromatic rings. The Balaban J connectivity index is 2.29. The number of hydrogen-bond donors (Lipinski definition) is 1. The standard InChI is InChI=1S/C11H13N3O5S/c1-19-11(16)7-2-8(5-13-4-7)14-6-9(3-10(14)15)20(12,17)18/h2,4-5,9H,3,6H2,1H3,(H2,12,17,18). The maximum Gasteiger partial charge on any atom is 0.339 e. The highest BCUT2D eigenvalue weighted by atomic mass is 32.2. The molecule has 1 amide bonds. The zero-order valence-electron chi connectivity index (χ0n) is 10.6. The molecule has 2 rings (SSSR count). The minimum atomic E-state index is -3.78. The van der Waals surface area contributed by atoms with Crippen LogP contribution in [0.2, 0.25) is 0 Å². The maximum atomic E-state index is 11.8. The Morgan fingerprint density at radius 3 is 2.75 bits per heavy atom. The Morgan fingerprint density at radius 1 is 1.50 bits per heavy atom. The number of anilines is 1. The van der Waals surface area contributed by atoms with Gasteiger partial charge in [0, 0.05) is 19.2 Å². The van der Waals surface area contributed by atoms with Gasteiger partial charge in [-0.2, -0.15) is 0 Å². The zero-order valence-corrected chi connectivity index (χ0v) is 11.5. The second-order valence-electron chi connectivity index (χ2n) is 4.34. The largest absolute Gasteiger partial charge is 0.465 e. The van der Waals surface area contributed by atoms with Gasteiger partial charge in [0.25, 0.3) is 0 Å². The molecule has 1 unspecified atom stereocenters. The molecule has 0 saturated carbocycles. The number of nitrogens with two attached hydrogens (primary N) is 1. The number of pyridine rings is 1. The van der Waals surface area contributed by atoms with Crippen LogP contribution in [-0.4, -0.2) is 44.2 Å². The summed E-state index contributed by atoms with van der Waals surface area (Å²) in [4.78, 5) is 28.3. The van der Waals surface area contributed by atoms with Crippen molar-refractivity contribution in [2.45, 2.75) is 11.7 Å². The molecule has 0 radical (unpaired) electrons. The molecule has 1 aromatic heterocycles. The monoisotopic (exact) mass is 299 g/mol. The highest BCUT2D eigenvalue weighted by Gasteiger charge is 2.37. The van der Waals surface area contributed by atoms with E-state index in [1.165, 1.54) is 30.5 Å². The Kier molecular flexibility index (Phi) is 3.73. The fourth-order valence-corrected chi connectivity index (χ4v) is 2.68. The van der Waals surface area contributed by atoms with Crippen LogP contribution < -0.4 is 10.0 Å². The lowest BCUT2D eigenvalue weighted by Crippen LogP contribution is -2.32. The highest BCUT2D eigenvalue weighted by molar-refractivity contribution is 7.89. The summed E-state index contributed by atoms with van der Waals surface area (Å²) in [7, 11) is -2.55. The number of ether oxygens (including phenoxy) is 1. The second-order valence-corrected chi connectivity index (χ2v) is 6.19. The van der Waals surface area contributed by atoms with Crippen LogP contribution in [0.15, 0.2) is 18.5 Å². The topological polar surface area (TPSA) is 120 Å². The summed E-state index contributed by atoms with van der Waals surface area (Å²) in [5, 5.41) is 4.10. The van der Waals surface area contributed by atoms with Gasteiger partial charge in [0.15, 0.2) is 0 Å². The molecule has 1 saturated heterocycles. The van der Waals surface area contributed by atoms with Crippen LogP contribution in [0.25, 0.3) is 0 Å². The SMILES string of the molecule is COC(=O)c1cncc(N2CC(S(N)(=O)=O)CC2=O)c1. The van der Waals surface area contributed by atoms with Crippen LogP contribution in [0.4, 0.5) is 5.69 Å². The van der Waals surface area contributed by atoms with Crippen molar-refractivity contribution in [1.82, 2.24) is 4.98 Å². The van der Waals surface area contributed by atoms with Gasteiger partial charge in [-0.15, -0.1) is 0 Å². The van der Waals surface area contributed by atoms with Gasteiger partial charge in [0.2, 0.25) is 15.9 Å². The quantitative estimate of drug-likeness (QED) is 0.734. The minimum Gasteiger partial charge on any atom is -0.465 e. The zero-order chi connectivity index (χ0) is 14.9. The maximum absolute atomic E-state index is 11.8. The van der Waals surface area contributed by atoms with Gasteiger partial charge in [-0.25, -0.2) is 18.4 Å². The van der Waals surface area contributed by atoms with E-state index < -0.39 is 21.2 Å². The van der Waals surface area contributed by atoms with E-state index in [1.807, 2.05) is 0 Å². The molecule has 1 aliphatic rings. The molecule has 2 N–H and O–H groups in total. The Hall–Kier alpha value is -2.00. The molecule has 0 aromatic carbocycles. The van der Waals surface area contributed by atoms with E-state index in [4.69, 9.17) is 5.14 Å². The predicted octanol–water partition coefficient (Wildman–Crippen LogP) is -0.738. The first-order valence-electron chi connectivity index (χ1n) is 5.68. The highest BCUT2D eigenvalue weighted by Crippen LogP contribution is 2.24. The van der Waals surface area contributed by atoms with Crippen LogP contribution >= 0.6 is 0 Å². The number of esters is 1. The first-order chi connectivity index (χ1) is 9.32. The molecule has 20 heavy (non-hydrogen) atoms. The van der Waals surface area contributed by atoms with Crippen molar-refractivity contribution in [3.8, 4) is 0 Å². The lowest BCUT2D eigenvalue weighted by atomic mass is 10.2. The number of carbonyl (C=O) groups is 2. The van der Waals surface area contributed by atoms with E-state index >= 15 is 0 Å². The lowest BCUT2D eigenvalue weighted by Gasteiger charge is -2.16. The number of amides is 1. The molecule has 1 aliphatic heterocycles. The number of carbonyl (C=O) groups excluding carboxylic acids is 2. The van der Waals surface area contributed by atoms with Gasteiger partial charge in [-0.3, -0.25) is 9.78 Å². The number of methoxy groups -OCH3 is 1. The third kappa shape index (κ3) is 2.78. The molecule has 108 valence electrons. The third-order valence-corrected chi connectivity index (χ3v) is 4.26. The molecule has 8 nitrogen and oxygen atoms in total. The summed E-state index contributed by atoms with van der Waals surface area (Å²) in [5.74, 6) is -0.971. The molecule has 1 fully saturated rings. The average Bonchev–Trinajstić information content (AvgIpc) is 2.80. The number of aromatic nitrogens is 1.